The molecule has 4 heteroatoms. The van der Waals surface area contributed by atoms with E-state index in [-0.39, 0.29) is 5.92 Å². The van der Waals surface area contributed by atoms with Crippen LogP contribution in [-0.4, -0.2) is 23.8 Å². The van der Waals surface area contributed by atoms with Gasteiger partial charge in [-0.2, -0.15) is 15.5 Å². The maximum atomic E-state index is 9.63. The molecule has 0 radical (unpaired) electrons. The summed E-state index contributed by atoms with van der Waals surface area (Å²) in [7, 11) is 0. The van der Waals surface area contributed by atoms with E-state index in [4.69, 9.17) is 5.26 Å². The van der Waals surface area contributed by atoms with Crippen LogP contribution >= 0.6 is 0 Å². The number of nitrogens with zero attached hydrogens (tertiary/aromatic N) is 4. The Morgan fingerprint density at radius 1 is 0.950 bits per heavy atom. The first kappa shape index (κ1) is 14.9. The first-order valence-corrected chi connectivity index (χ1v) is 7.98. The van der Waals surface area contributed by atoms with Gasteiger partial charge in [-0.3, -0.25) is 0 Å². The number of nitriles is 2. The zero-order valence-electron chi connectivity index (χ0n) is 12.2. The van der Waals surface area contributed by atoms with Gasteiger partial charge in [0.2, 0.25) is 6.19 Å². The third-order valence-electron chi connectivity index (χ3n) is 4.63. The maximum absolute atomic E-state index is 9.63. The van der Waals surface area contributed by atoms with E-state index in [1.165, 1.54) is 32.1 Å². The molecular formula is C16H24N4. The van der Waals surface area contributed by atoms with Crippen LogP contribution in [0.15, 0.2) is 4.99 Å². The van der Waals surface area contributed by atoms with Crippen LogP contribution in [0.1, 0.15) is 57.8 Å². The van der Waals surface area contributed by atoms with Gasteiger partial charge in [-0.1, -0.05) is 25.7 Å². The largest absolute Gasteiger partial charge is 0.358 e. The van der Waals surface area contributed by atoms with Crippen molar-refractivity contribution in [1.29, 1.82) is 10.5 Å². The quantitative estimate of drug-likeness (QED) is 0.335. The second kappa shape index (κ2) is 7.90. The molecule has 0 aromatic rings. The highest BCUT2D eigenvalue weighted by atomic mass is 15.2. The van der Waals surface area contributed by atoms with Crippen LogP contribution in [0.2, 0.25) is 0 Å². The monoisotopic (exact) mass is 272 g/mol. The molecule has 1 aliphatic carbocycles. The molecule has 2 rings (SSSR count). The Morgan fingerprint density at radius 3 is 2.10 bits per heavy atom. The second-order valence-electron chi connectivity index (χ2n) is 5.98. The minimum Gasteiger partial charge on any atom is -0.358 e. The summed E-state index contributed by atoms with van der Waals surface area (Å²) < 4.78 is 0. The summed E-state index contributed by atoms with van der Waals surface area (Å²) in [6, 6.07) is 2.46. The van der Waals surface area contributed by atoms with Crippen molar-refractivity contribution in [2.75, 3.05) is 13.1 Å². The van der Waals surface area contributed by atoms with Crippen molar-refractivity contribution in [2.24, 2.45) is 16.8 Å². The Morgan fingerprint density at radius 2 is 1.55 bits per heavy atom. The maximum Gasteiger partial charge on any atom is 0.207 e. The fourth-order valence-electron chi connectivity index (χ4n) is 3.53. The number of piperidine rings is 1. The SMILES string of the molecule is N#C/N=C(/C(C#N)C1CCCCCC1)N1CCCCC1. The van der Waals surface area contributed by atoms with Crippen LogP contribution in [0, 0.1) is 34.6 Å². The number of likely N-dealkylation sites (tertiary alicyclic amines) is 1. The average Bonchev–Trinajstić information content (AvgIpc) is 2.77. The lowest BCUT2D eigenvalue weighted by Gasteiger charge is -2.33. The fourth-order valence-corrected chi connectivity index (χ4v) is 3.53. The summed E-state index contributed by atoms with van der Waals surface area (Å²) in [5, 5.41) is 18.6. The van der Waals surface area contributed by atoms with Gasteiger partial charge in [0.1, 0.15) is 11.8 Å². The summed E-state index contributed by atoms with van der Waals surface area (Å²) in [5.41, 5.74) is 0. The van der Waals surface area contributed by atoms with Gasteiger partial charge < -0.3 is 4.90 Å². The normalized spacial score (nSPS) is 23.5. The molecule has 4 nitrogen and oxygen atoms in total. The lowest BCUT2D eigenvalue weighted by atomic mass is 9.85. The molecule has 0 aromatic heterocycles. The third-order valence-corrected chi connectivity index (χ3v) is 4.63. The van der Waals surface area contributed by atoms with Crippen LogP contribution in [0.4, 0.5) is 0 Å². The van der Waals surface area contributed by atoms with E-state index in [1.54, 1.807) is 0 Å². The summed E-state index contributed by atoms with van der Waals surface area (Å²) in [6.45, 7) is 1.90. The zero-order chi connectivity index (χ0) is 14.2. The van der Waals surface area contributed by atoms with Gasteiger partial charge in [0.25, 0.3) is 0 Å². The molecule has 0 spiro atoms. The Labute approximate surface area is 122 Å². The molecule has 108 valence electrons. The van der Waals surface area contributed by atoms with Crippen molar-refractivity contribution in [3.8, 4) is 12.3 Å². The number of hydrogen-bond donors (Lipinski definition) is 0. The van der Waals surface area contributed by atoms with Crippen molar-refractivity contribution in [2.45, 2.75) is 57.8 Å². The fraction of sp³-hybridized carbons (Fsp3) is 0.812. The molecule has 1 aliphatic heterocycles. The lowest BCUT2D eigenvalue weighted by Crippen LogP contribution is -2.41. The number of amidine groups is 1. The highest BCUT2D eigenvalue weighted by Crippen LogP contribution is 2.31. The predicted molar refractivity (Wildman–Crippen MR) is 78.8 cm³/mol. The Hall–Kier alpha value is -1.55. The molecule has 0 bridgehead atoms. The van der Waals surface area contributed by atoms with Crippen LogP contribution in [0.25, 0.3) is 0 Å². The van der Waals surface area contributed by atoms with Gasteiger partial charge in [0.15, 0.2) is 0 Å². The molecule has 1 heterocycles. The molecule has 2 fully saturated rings. The van der Waals surface area contributed by atoms with Gasteiger partial charge in [-0.15, -0.1) is 0 Å². The molecule has 1 saturated carbocycles. The van der Waals surface area contributed by atoms with Crippen LogP contribution in [-0.2, 0) is 0 Å². The minimum atomic E-state index is -0.189. The Balaban J connectivity index is 2.14. The zero-order valence-corrected chi connectivity index (χ0v) is 12.2. The molecule has 1 atom stereocenters. The number of rotatable bonds is 2. The van der Waals surface area contributed by atoms with Crippen molar-refractivity contribution in [3.63, 3.8) is 0 Å². The molecule has 0 N–H and O–H groups in total. The van der Waals surface area contributed by atoms with Gasteiger partial charge in [-0.25, -0.2) is 0 Å². The highest BCUT2D eigenvalue weighted by molar-refractivity contribution is 5.88. The van der Waals surface area contributed by atoms with Gasteiger partial charge in [0, 0.05) is 13.1 Å². The standard InChI is InChI=1S/C16H24N4/c17-12-15(14-8-4-1-2-5-9-14)16(19-13-18)20-10-6-3-7-11-20/h14-15H,1-11H2/b19-16-. The minimum absolute atomic E-state index is 0.189. The summed E-state index contributed by atoms with van der Waals surface area (Å²) in [4.78, 5) is 6.24. The molecular weight excluding hydrogens is 248 g/mol. The van der Waals surface area contributed by atoms with Crippen molar-refractivity contribution >= 4 is 5.84 Å². The lowest BCUT2D eigenvalue weighted by molar-refractivity contribution is 0.311. The molecule has 2 aliphatic rings. The van der Waals surface area contributed by atoms with E-state index in [0.717, 1.165) is 44.6 Å². The van der Waals surface area contributed by atoms with E-state index in [0.29, 0.717) is 5.92 Å². The van der Waals surface area contributed by atoms with E-state index in [1.807, 2.05) is 6.19 Å². The van der Waals surface area contributed by atoms with Gasteiger partial charge in [-0.05, 0) is 38.0 Å². The Kier molecular flexibility index (Phi) is 5.87. The topological polar surface area (TPSA) is 63.2 Å². The molecule has 20 heavy (non-hydrogen) atoms. The van der Waals surface area contributed by atoms with Gasteiger partial charge >= 0.3 is 0 Å². The van der Waals surface area contributed by atoms with Crippen molar-refractivity contribution in [3.05, 3.63) is 0 Å². The van der Waals surface area contributed by atoms with E-state index in [9.17, 15) is 5.26 Å². The van der Waals surface area contributed by atoms with Crippen molar-refractivity contribution < 1.29 is 0 Å². The van der Waals surface area contributed by atoms with E-state index in [2.05, 4.69) is 16.0 Å². The summed E-state index contributed by atoms with van der Waals surface area (Å²) in [5.74, 6) is 0.948. The third kappa shape index (κ3) is 3.73. The molecule has 0 aromatic carbocycles. The smallest absolute Gasteiger partial charge is 0.207 e. The number of aliphatic imine (C=N–C) groups is 1. The first-order chi connectivity index (χ1) is 9.86. The number of hydrogen-bond acceptors (Lipinski definition) is 3. The van der Waals surface area contributed by atoms with Crippen LogP contribution in [0.3, 0.4) is 0 Å². The average molecular weight is 272 g/mol. The second-order valence-corrected chi connectivity index (χ2v) is 5.98. The van der Waals surface area contributed by atoms with Gasteiger partial charge in [0.05, 0.1) is 6.07 Å². The highest BCUT2D eigenvalue weighted by Gasteiger charge is 2.31. The molecule has 1 saturated heterocycles. The van der Waals surface area contributed by atoms with Crippen molar-refractivity contribution in [1.82, 2.24) is 4.90 Å². The Bertz CT molecular complexity index is 401. The van der Waals surface area contributed by atoms with E-state index < -0.39 is 0 Å². The first-order valence-electron chi connectivity index (χ1n) is 7.98. The predicted octanol–water partition coefficient (Wildman–Crippen LogP) is 3.46. The van der Waals surface area contributed by atoms with Crippen LogP contribution < -0.4 is 0 Å². The molecule has 1 unspecified atom stereocenters. The summed E-state index contributed by atoms with van der Waals surface area (Å²) in [6.07, 6.45) is 12.7. The summed E-state index contributed by atoms with van der Waals surface area (Å²) >= 11 is 0. The van der Waals surface area contributed by atoms with Crippen LogP contribution in [0.5, 0.6) is 0 Å². The van der Waals surface area contributed by atoms with E-state index >= 15 is 0 Å². The molecule has 0 amide bonds.